The Morgan fingerprint density at radius 1 is 1.22 bits per heavy atom. The van der Waals surface area contributed by atoms with Gasteiger partial charge in [-0.2, -0.15) is 5.10 Å². The summed E-state index contributed by atoms with van der Waals surface area (Å²) in [6, 6.07) is 9.76. The van der Waals surface area contributed by atoms with Gasteiger partial charge in [0.2, 0.25) is 0 Å². The molecule has 1 heterocycles. The van der Waals surface area contributed by atoms with Gasteiger partial charge in [0.25, 0.3) is 5.91 Å². The third kappa shape index (κ3) is 4.58. The lowest BCUT2D eigenvalue weighted by Gasteiger charge is -2.14. The molecule has 0 aliphatic heterocycles. The summed E-state index contributed by atoms with van der Waals surface area (Å²) in [4.78, 5) is 12.5. The predicted molar refractivity (Wildman–Crippen MR) is 91.1 cm³/mol. The zero-order valence-electron chi connectivity index (χ0n) is 14.2. The van der Waals surface area contributed by atoms with Gasteiger partial charge in [0, 0.05) is 6.04 Å². The fourth-order valence-corrected chi connectivity index (χ4v) is 2.33. The highest BCUT2D eigenvalue weighted by molar-refractivity contribution is 5.95. The summed E-state index contributed by atoms with van der Waals surface area (Å²) in [5, 5.41) is 7.38. The second-order valence-electron chi connectivity index (χ2n) is 6.17. The van der Waals surface area contributed by atoms with E-state index in [1.54, 1.807) is 18.0 Å². The molecule has 0 saturated heterocycles. The van der Waals surface area contributed by atoms with Crippen molar-refractivity contribution in [3.05, 3.63) is 42.2 Å². The van der Waals surface area contributed by atoms with Crippen LogP contribution in [0.1, 0.15) is 44.1 Å². The lowest BCUT2D eigenvalue weighted by atomic mass is 10.0. The number of nitrogens with one attached hydrogen (secondary N) is 1. The van der Waals surface area contributed by atoms with E-state index in [0.29, 0.717) is 17.4 Å². The summed E-state index contributed by atoms with van der Waals surface area (Å²) in [5.41, 5.74) is 1.20. The predicted octanol–water partition coefficient (Wildman–Crippen LogP) is 3.44. The number of methoxy groups -OCH3 is 1. The first-order valence-corrected chi connectivity index (χ1v) is 8.01. The van der Waals surface area contributed by atoms with Crippen molar-refractivity contribution in [3.63, 3.8) is 0 Å². The van der Waals surface area contributed by atoms with E-state index < -0.39 is 0 Å². The Morgan fingerprint density at radius 3 is 2.52 bits per heavy atom. The van der Waals surface area contributed by atoms with Crippen LogP contribution < -0.4 is 10.1 Å². The van der Waals surface area contributed by atoms with Gasteiger partial charge in [-0.25, -0.2) is 4.68 Å². The summed E-state index contributed by atoms with van der Waals surface area (Å²) >= 11 is 0. The van der Waals surface area contributed by atoms with Crippen molar-refractivity contribution < 1.29 is 9.53 Å². The van der Waals surface area contributed by atoms with Crippen LogP contribution in [0.3, 0.4) is 0 Å². The Kier molecular flexibility index (Phi) is 5.79. The average molecular weight is 315 g/mol. The van der Waals surface area contributed by atoms with Crippen molar-refractivity contribution in [3.8, 4) is 11.4 Å². The molecule has 0 unspecified atom stereocenters. The normalized spacial score (nSPS) is 12.2. The Balaban J connectivity index is 2.12. The molecular weight excluding hydrogens is 290 g/mol. The third-order valence-electron chi connectivity index (χ3n) is 3.69. The maximum absolute atomic E-state index is 12.5. The van der Waals surface area contributed by atoms with Crippen LogP contribution in [0.5, 0.6) is 5.75 Å². The first kappa shape index (κ1) is 17.1. The topological polar surface area (TPSA) is 56.2 Å². The number of ether oxygens (including phenoxy) is 1. The molecular formula is C18H25N3O2. The van der Waals surface area contributed by atoms with Crippen LogP contribution in [0.4, 0.5) is 0 Å². The molecule has 1 aromatic heterocycles. The highest BCUT2D eigenvalue weighted by Crippen LogP contribution is 2.19. The van der Waals surface area contributed by atoms with E-state index >= 15 is 0 Å². The van der Waals surface area contributed by atoms with Gasteiger partial charge < -0.3 is 10.1 Å². The van der Waals surface area contributed by atoms with Crippen molar-refractivity contribution in [1.82, 2.24) is 15.1 Å². The summed E-state index contributed by atoms with van der Waals surface area (Å²) in [5.74, 6) is 0.899. The first-order chi connectivity index (χ1) is 11.0. The molecule has 0 saturated carbocycles. The van der Waals surface area contributed by atoms with Crippen molar-refractivity contribution in [2.75, 3.05) is 7.11 Å². The van der Waals surface area contributed by atoms with Gasteiger partial charge in [-0.05, 0) is 37.8 Å². The molecule has 0 spiro atoms. The minimum absolute atomic E-state index is 0.108. The Bertz CT molecular complexity index is 635. The van der Waals surface area contributed by atoms with Crippen LogP contribution >= 0.6 is 0 Å². The lowest BCUT2D eigenvalue weighted by Crippen LogP contribution is -2.33. The molecule has 1 atom stereocenters. The number of para-hydroxylation sites is 1. The van der Waals surface area contributed by atoms with E-state index in [4.69, 9.17) is 4.74 Å². The molecule has 1 aromatic carbocycles. The van der Waals surface area contributed by atoms with Crippen molar-refractivity contribution in [1.29, 1.82) is 0 Å². The van der Waals surface area contributed by atoms with Crippen LogP contribution in [0.2, 0.25) is 0 Å². The van der Waals surface area contributed by atoms with Crippen molar-refractivity contribution in [2.24, 2.45) is 5.92 Å². The molecule has 1 N–H and O–H groups in total. The summed E-state index contributed by atoms with van der Waals surface area (Å²) in [6.07, 6.45) is 3.76. The summed E-state index contributed by atoms with van der Waals surface area (Å²) < 4.78 is 6.96. The molecule has 0 fully saturated rings. The number of carbonyl (C=O) groups excluding carboxylic acids is 1. The minimum atomic E-state index is -0.201. The molecule has 1 amide bonds. The summed E-state index contributed by atoms with van der Waals surface area (Å²) in [6.45, 7) is 6.37. The number of hydrogen-bond acceptors (Lipinski definition) is 3. The minimum Gasteiger partial charge on any atom is -0.493 e. The van der Waals surface area contributed by atoms with E-state index in [-0.39, 0.29) is 11.9 Å². The van der Waals surface area contributed by atoms with Crippen LogP contribution in [0.15, 0.2) is 36.5 Å². The van der Waals surface area contributed by atoms with Crippen LogP contribution in [0.25, 0.3) is 5.69 Å². The second-order valence-corrected chi connectivity index (χ2v) is 6.17. The Labute approximate surface area is 137 Å². The molecule has 23 heavy (non-hydrogen) atoms. The molecule has 2 rings (SSSR count). The fraction of sp³-hybridized carbons (Fsp3) is 0.444. The van der Waals surface area contributed by atoms with E-state index in [0.717, 1.165) is 18.5 Å². The van der Waals surface area contributed by atoms with Crippen LogP contribution in [-0.2, 0) is 0 Å². The van der Waals surface area contributed by atoms with Crippen molar-refractivity contribution >= 4 is 5.91 Å². The smallest absolute Gasteiger partial charge is 0.275 e. The highest BCUT2D eigenvalue weighted by Gasteiger charge is 2.19. The third-order valence-corrected chi connectivity index (χ3v) is 3.69. The molecule has 5 heteroatoms. The van der Waals surface area contributed by atoms with Gasteiger partial charge in [-0.1, -0.05) is 32.0 Å². The quantitative estimate of drug-likeness (QED) is 0.851. The van der Waals surface area contributed by atoms with Gasteiger partial charge in [0.15, 0.2) is 11.4 Å². The molecule has 124 valence electrons. The molecule has 0 bridgehead atoms. The Morgan fingerprint density at radius 2 is 1.91 bits per heavy atom. The van der Waals surface area contributed by atoms with Crippen molar-refractivity contribution in [2.45, 2.75) is 39.7 Å². The zero-order chi connectivity index (χ0) is 16.8. The standard InChI is InChI=1S/C18H25N3O2/c1-13(2)10-11-14(3)19-18(22)17-16(23-4)12-21(20-17)15-8-6-5-7-9-15/h5-9,12-14H,10-11H2,1-4H3,(H,19,22)/t14-/m1/s1. The number of nitrogens with zero attached hydrogens (tertiary/aromatic N) is 2. The SMILES string of the molecule is COc1cn(-c2ccccc2)nc1C(=O)N[C@H](C)CCC(C)C. The lowest BCUT2D eigenvalue weighted by molar-refractivity contribution is 0.0928. The average Bonchev–Trinajstić information content (AvgIpc) is 2.98. The largest absolute Gasteiger partial charge is 0.493 e. The number of benzene rings is 1. The van der Waals surface area contributed by atoms with Gasteiger partial charge in [0.05, 0.1) is 19.0 Å². The molecule has 0 aliphatic rings. The first-order valence-electron chi connectivity index (χ1n) is 8.01. The molecule has 0 radical (unpaired) electrons. The molecule has 5 nitrogen and oxygen atoms in total. The van der Waals surface area contributed by atoms with E-state index in [1.165, 1.54) is 0 Å². The van der Waals surface area contributed by atoms with Crippen LogP contribution in [0, 0.1) is 5.92 Å². The number of rotatable bonds is 7. The van der Waals surface area contributed by atoms with Gasteiger partial charge in [0.1, 0.15) is 0 Å². The maximum Gasteiger partial charge on any atom is 0.275 e. The number of amides is 1. The summed E-state index contributed by atoms with van der Waals surface area (Å²) in [7, 11) is 1.55. The maximum atomic E-state index is 12.5. The van der Waals surface area contributed by atoms with Gasteiger partial charge in [-0.3, -0.25) is 4.79 Å². The van der Waals surface area contributed by atoms with E-state index in [9.17, 15) is 4.79 Å². The molecule has 2 aromatic rings. The number of hydrogen-bond donors (Lipinski definition) is 1. The number of carbonyl (C=O) groups is 1. The van der Waals surface area contributed by atoms with Gasteiger partial charge >= 0.3 is 0 Å². The fourth-order valence-electron chi connectivity index (χ4n) is 2.33. The highest BCUT2D eigenvalue weighted by atomic mass is 16.5. The van der Waals surface area contributed by atoms with Gasteiger partial charge in [-0.15, -0.1) is 0 Å². The van der Waals surface area contributed by atoms with E-state index in [1.807, 2.05) is 37.3 Å². The monoisotopic (exact) mass is 315 g/mol. The van der Waals surface area contributed by atoms with Crippen LogP contribution in [-0.4, -0.2) is 28.8 Å². The second kappa shape index (κ2) is 7.81. The molecule has 0 aliphatic carbocycles. The Hall–Kier alpha value is -2.30. The number of aromatic nitrogens is 2. The van der Waals surface area contributed by atoms with E-state index in [2.05, 4.69) is 24.3 Å². The zero-order valence-corrected chi connectivity index (χ0v) is 14.2.